The van der Waals surface area contributed by atoms with Crippen LogP contribution in [-0.4, -0.2) is 0 Å². The fourth-order valence-electron chi connectivity index (χ4n) is 1.39. The molecule has 0 aliphatic rings. The molecule has 1 aromatic rings. The predicted octanol–water partition coefficient (Wildman–Crippen LogP) is 2.33. The molecule has 0 bridgehead atoms. The van der Waals surface area contributed by atoms with E-state index < -0.39 is 0 Å². The molecule has 0 saturated carbocycles. The Morgan fingerprint density at radius 3 is 2.35 bits per heavy atom. The van der Waals surface area contributed by atoms with Gasteiger partial charge in [0.2, 0.25) is 0 Å². The van der Waals surface area contributed by atoms with E-state index in [0.717, 1.165) is 9.41 Å². The van der Waals surface area contributed by atoms with E-state index in [-0.39, 0.29) is 5.43 Å². The van der Waals surface area contributed by atoms with Crippen molar-refractivity contribution < 1.29 is 0 Å². The Morgan fingerprint density at radius 2 is 1.82 bits per heavy atom. The van der Waals surface area contributed by atoms with Gasteiger partial charge in [-0.2, -0.15) is 0 Å². The SMILES string of the molecule is C=C/C=C\c1sc(=C)/c(=C\C=C)c(=O)c1C=C. The Kier molecular flexibility index (Phi) is 4.61. The largest absolute Gasteiger partial charge is 0.289 e. The first kappa shape index (κ1) is 13.1. The van der Waals surface area contributed by atoms with Crippen molar-refractivity contribution in [1.29, 1.82) is 0 Å². The van der Waals surface area contributed by atoms with Gasteiger partial charge in [-0.1, -0.05) is 56.7 Å². The highest BCUT2D eigenvalue weighted by Crippen LogP contribution is 2.09. The Labute approximate surface area is 105 Å². The van der Waals surface area contributed by atoms with Crippen LogP contribution in [0.1, 0.15) is 10.4 Å². The molecule has 0 unspecified atom stereocenters. The van der Waals surface area contributed by atoms with Crippen LogP contribution in [-0.2, 0) is 0 Å². The van der Waals surface area contributed by atoms with Gasteiger partial charge >= 0.3 is 0 Å². The molecule has 0 fully saturated rings. The smallest absolute Gasteiger partial charge is 0.195 e. The van der Waals surface area contributed by atoms with Gasteiger partial charge in [0.25, 0.3) is 0 Å². The molecule has 17 heavy (non-hydrogen) atoms. The second-order valence-electron chi connectivity index (χ2n) is 3.25. The molecule has 0 N–H and O–H groups in total. The second-order valence-corrected chi connectivity index (χ2v) is 4.38. The van der Waals surface area contributed by atoms with E-state index in [0.29, 0.717) is 10.8 Å². The summed E-state index contributed by atoms with van der Waals surface area (Å²) in [4.78, 5) is 13.0. The average Bonchev–Trinajstić information content (AvgIpc) is 2.31. The molecule has 0 aliphatic heterocycles. The highest BCUT2D eigenvalue weighted by Gasteiger charge is 2.04. The van der Waals surface area contributed by atoms with Gasteiger partial charge in [-0.05, 0) is 6.08 Å². The monoisotopic (exact) mass is 242 g/mol. The van der Waals surface area contributed by atoms with Crippen molar-refractivity contribution in [3.63, 3.8) is 0 Å². The summed E-state index contributed by atoms with van der Waals surface area (Å²) in [6, 6.07) is 0. The van der Waals surface area contributed by atoms with Crippen LogP contribution in [0.2, 0.25) is 0 Å². The molecular weight excluding hydrogens is 228 g/mol. The molecule has 0 atom stereocenters. The van der Waals surface area contributed by atoms with Crippen LogP contribution in [0.5, 0.6) is 0 Å². The molecule has 0 aromatic carbocycles. The van der Waals surface area contributed by atoms with Crippen LogP contribution >= 0.6 is 11.3 Å². The third-order valence-corrected chi connectivity index (χ3v) is 3.20. The van der Waals surface area contributed by atoms with Crippen molar-refractivity contribution >= 4 is 36.1 Å². The summed E-state index contributed by atoms with van der Waals surface area (Å²) in [5, 5.41) is 0.579. The lowest BCUT2D eigenvalue weighted by Gasteiger charge is -1.99. The summed E-state index contributed by atoms with van der Waals surface area (Å²) in [5.74, 6) is 0. The first-order chi connectivity index (χ1) is 8.15. The molecule has 1 rings (SSSR count). The van der Waals surface area contributed by atoms with Gasteiger partial charge in [0.1, 0.15) is 0 Å². The van der Waals surface area contributed by atoms with Crippen LogP contribution in [0.25, 0.3) is 24.8 Å². The summed E-state index contributed by atoms with van der Waals surface area (Å²) < 4.78 is 0.726. The number of hydrogen-bond donors (Lipinski definition) is 0. The first-order valence-electron chi connectivity index (χ1n) is 5.06. The van der Waals surface area contributed by atoms with Crippen molar-refractivity contribution in [2.45, 2.75) is 0 Å². The summed E-state index contributed by atoms with van der Waals surface area (Å²) in [5.41, 5.74) is 0.529. The van der Waals surface area contributed by atoms with E-state index in [1.807, 2.05) is 6.08 Å². The molecule has 1 nitrogen and oxygen atoms in total. The highest BCUT2D eigenvalue weighted by atomic mass is 32.1. The first-order valence-corrected chi connectivity index (χ1v) is 5.87. The standard InChI is InChI=1S/C15H14OS/c1-5-8-10-14-12(7-3)15(16)13(9-6-2)11(4)17-14/h5-10H,1-4H2/b10-8-,13-9+. The maximum absolute atomic E-state index is 12.2. The highest BCUT2D eigenvalue weighted by molar-refractivity contribution is 7.10. The van der Waals surface area contributed by atoms with Crippen LogP contribution in [0.3, 0.4) is 0 Å². The number of rotatable bonds is 4. The van der Waals surface area contributed by atoms with Crippen LogP contribution < -0.4 is 15.2 Å². The number of hydrogen-bond acceptors (Lipinski definition) is 2. The van der Waals surface area contributed by atoms with E-state index in [4.69, 9.17) is 0 Å². The lowest BCUT2D eigenvalue weighted by atomic mass is 10.2. The third-order valence-electron chi connectivity index (χ3n) is 2.16. The van der Waals surface area contributed by atoms with Crippen molar-refractivity contribution in [2.24, 2.45) is 0 Å². The fraction of sp³-hybridized carbons (Fsp3) is 0. The van der Waals surface area contributed by atoms with Gasteiger partial charge in [0.15, 0.2) is 5.43 Å². The zero-order valence-corrected chi connectivity index (χ0v) is 10.4. The molecule has 86 valence electrons. The molecular formula is C15H14OS. The average molecular weight is 242 g/mol. The lowest BCUT2D eigenvalue weighted by Crippen LogP contribution is -2.38. The topological polar surface area (TPSA) is 17.1 Å². The van der Waals surface area contributed by atoms with Crippen LogP contribution in [0.4, 0.5) is 0 Å². The summed E-state index contributed by atoms with van der Waals surface area (Å²) in [6.07, 6.45) is 10.1. The minimum absolute atomic E-state index is 0.0626. The van der Waals surface area contributed by atoms with E-state index in [2.05, 4.69) is 26.3 Å². The van der Waals surface area contributed by atoms with E-state index in [9.17, 15) is 4.79 Å². The maximum Gasteiger partial charge on any atom is 0.195 e. The molecule has 0 aliphatic carbocycles. The molecule has 1 aromatic heterocycles. The van der Waals surface area contributed by atoms with Crippen LogP contribution in [0, 0.1) is 0 Å². The van der Waals surface area contributed by atoms with E-state index in [1.54, 1.807) is 30.4 Å². The van der Waals surface area contributed by atoms with Crippen LogP contribution in [0.15, 0.2) is 42.8 Å². The molecule has 0 spiro atoms. The van der Waals surface area contributed by atoms with Gasteiger partial charge in [-0.3, -0.25) is 4.79 Å². The molecule has 1 heterocycles. The van der Waals surface area contributed by atoms with Gasteiger partial charge in [-0.25, -0.2) is 0 Å². The fourth-order valence-corrected chi connectivity index (χ4v) is 2.35. The van der Waals surface area contributed by atoms with Gasteiger partial charge < -0.3 is 0 Å². The summed E-state index contributed by atoms with van der Waals surface area (Å²) >= 11 is 1.45. The maximum atomic E-state index is 12.2. The Bertz CT molecular complexity index is 645. The molecule has 0 radical (unpaired) electrons. The Morgan fingerprint density at radius 1 is 1.12 bits per heavy atom. The van der Waals surface area contributed by atoms with Crippen molar-refractivity contribution in [3.05, 3.63) is 68.4 Å². The normalized spacial score (nSPS) is 11.6. The van der Waals surface area contributed by atoms with Crippen molar-refractivity contribution in [1.82, 2.24) is 0 Å². The number of allylic oxidation sites excluding steroid dienone is 3. The third kappa shape index (κ3) is 2.80. The van der Waals surface area contributed by atoms with Crippen molar-refractivity contribution in [2.75, 3.05) is 0 Å². The summed E-state index contributed by atoms with van der Waals surface area (Å²) in [6.45, 7) is 14.8. The zero-order chi connectivity index (χ0) is 12.8. The lowest BCUT2D eigenvalue weighted by molar-refractivity contribution is 1.49. The van der Waals surface area contributed by atoms with Crippen molar-refractivity contribution in [3.8, 4) is 0 Å². The molecule has 0 amide bonds. The summed E-state index contributed by atoms with van der Waals surface area (Å²) in [7, 11) is 0. The van der Waals surface area contributed by atoms with Gasteiger partial charge in [0.05, 0.1) is 0 Å². The van der Waals surface area contributed by atoms with Gasteiger partial charge in [-0.15, -0.1) is 11.3 Å². The second kappa shape index (κ2) is 5.97. The Hall–Kier alpha value is -1.93. The molecule has 2 heteroatoms. The minimum Gasteiger partial charge on any atom is -0.289 e. The van der Waals surface area contributed by atoms with E-state index in [1.165, 1.54) is 11.3 Å². The van der Waals surface area contributed by atoms with E-state index >= 15 is 0 Å². The van der Waals surface area contributed by atoms with Gasteiger partial charge in [0, 0.05) is 20.2 Å². The predicted molar refractivity (Wildman–Crippen MR) is 79.3 cm³/mol. The Balaban J connectivity index is 3.76. The zero-order valence-electron chi connectivity index (χ0n) is 9.61. The molecule has 0 saturated heterocycles. The minimum atomic E-state index is -0.0626. The quantitative estimate of drug-likeness (QED) is 0.741.